The molecule has 5 heterocycles. The summed E-state index contributed by atoms with van der Waals surface area (Å²) in [5.41, 5.74) is 6.58. The van der Waals surface area contributed by atoms with Gasteiger partial charge in [0.15, 0.2) is 11.6 Å². The van der Waals surface area contributed by atoms with Crippen molar-refractivity contribution in [3.05, 3.63) is 203 Å². The van der Waals surface area contributed by atoms with Crippen LogP contribution in [0.15, 0.2) is 152 Å². The van der Waals surface area contributed by atoms with E-state index >= 15 is 0 Å². The molecular formula is C65H67F2N7O7. The number of hydrogen-bond acceptors (Lipinski definition) is 12. The molecule has 3 aliphatic carbocycles. The van der Waals surface area contributed by atoms with Crippen LogP contribution in [0.2, 0.25) is 0 Å². The van der Waals surface area contributed by atoms with Crippen molar-refractivity contribution < 1.29 is 42.6 Å². The molecule has 5 aromatic heterocycles. The largest absolute Gasteiger partial charge is 0.508 e. The third-order valence-electron chi connectivity index (χ3n) is 14.5. The quantitative estimate of drug-likeness (QED) is 0.0700. The number of phenolic OH excluding ortho intramolecular Hbond substituents is 1. The third kappa shape index (κ3) is 15.9. The number of Topliss-reactive ketones (excluding diaryl/α,β-unsaturated/α-hetero) is 3. The second kappa shape index (κ2) is 28.8. The lowest BCUT2D eigenvalue weighted by molar-refractivity contribution is -0.121. The Bertz CT molecular complexity index is 3510. The maximum atomic E-state index is 13.4. The summed E-state index contributed by atoms with van der Waals surface area (Å²) in [4.78, 5) is 85.4. The number of nitrogens with one attached hydrogen (secondary N) is 2. The summed E-state index contributed by atoms with van der Waals surface area (Å²) in [7, 11) is 0. The predicted octanol–water partition coefficient (Wildman–Crippen LogP) is 14.7. The fourth-order valence-electron chi connectivity index (χ4n) is 10.2. The molecule has 9 aromatic rings. The Morgan fingerprint density at radius 1 is 0.469 bits per heavy atom. The standard InChI is InChI=1S/C26H23N3O3.C14H10N2O2.C12H14FNO.C11H12FNO.2CH4/c30-19-6-3-5-17(10-13-19)21-7-4-16-27-26(21)32-20-14-11-18(12-15-20)24(31)25-28-22-8-1-2-9-23(22)29-25;17-10-7-5-9(6-8-10)13(18)14-15-11-3-1-2-4-12(11)16-14;13-12-11(5-2-8-14-12)9-3-1-4-10(15)7-6-9;12-11-10(2-1-7-13-11)8-3-5-9(14)6-4-8;;/h1-2,4,7-9,11-12,14-17H,3,5-6,10,13H2,(H,28,29);1-8,17H,(H,15,16);2,5,8-9H,1,3-4,6-7H2;1-2,7-8H,3-6H2;2*1H4. The van der Waals surface area contributed by atoms with Gasteiger partial charge >= 0.3 is 0 Å². The number of para-hydroxylation sites is 4. The van der Waals surface area contributed by atoms with Crippen LogP contribution in [-0.4, -0.2) is 68.9 Å². The van der Waals surface area contributed by atoms with Gasteiger partial charge in [-0.3, -0.25) is 24.0 Å². The molecule has 3 saturated carbocycles. The van der Waals surface area contributed by atoms with Gasteiger partial charge < -0.3 is 19.8 Å². The minimum absolute atomic E-state index is 0. The molecule has 14 nitrogen and oxygen atoms in total. The van der Waals surface area contributed by atoms with E-state index < -0.39 is 0 Å². The van der Waals surface area contributed by atoms with Crippen LogP contribution >= 0.6 is 0 Å². The first kappa shape index (κ1) is 59.7. The SMILES string of the molecule is C.C.O=C(c1ccc(O)cc1)c1nc2ccccc2[nH]1.O=C1CCC(c2cccnc2F)CC1.O=C1CCCC(c2cccnc2F)CC1.O=C1CCCC(c2cccnc2Oc2ccc(C(=O)c3nc4ccccc4[nH]3)cc2)CC1. The van der Waals surface area contributed by atoms with E-state index in [1.54, 1.807) is 66.9 Å². The van der Waals surface area contributed by atoms with Crippen molar-refractivity contribution in [2.45, 2.75) is 122 Å². The molecule has 418 valence electrons. The van der Waals surface area contributed by atoms with Gasteiger partial charge in [-0.15, -0.1) is 0 Å². The van der Waals surface area contributed by atoms with Crippen molar-refractivity contribution in [2.75, 3.05) is 0 Å². The van der Waals surface area contributed by atoms with Crippen molar-refractivity contribution in [1.82, 2.24) is 34.9 Å². The zero-order valence-electron chi connectivity index (χ0n) is 43.5. The second-order valence-electron chi connectivity index (χ2n) is 19.8. The van der Waals surface area contributed by atoms with E-state index in [4.69, 9.17) is 4.74 Å². The molecule has 0 aliphatic heterocycles. The predicted molar refractivity (Wildman–Crippen MR) is 308 cm³/mol. The van der Waals surface area contributed by atoms with Crippen LogP contribution in [0.3, 0.4) is 0 Å². The number of pyridine rings is 3. The summed E-state index contributed by atoms with van der Waals surface area (Å²) in [6.45, 7) is 0. The summed E-state index contributed by atoms with van der Waals surface area (Å²) in [6, 6.07) is 39.1. The highest BCUT2D eigenvalue weighted by Crippen LogP contribution is 2.37. The summed E-state index contributed by atoms with van der Waals surface area (Å²) < 4.78 is 32.8. The molecule has 0 spiro atoms. The van der Waals surface area contributed by atoms with Gasteiger partial charge in [0.25, 0.3) is 0 Å². The molecule has 81 heavy (non-hydrogen) atoms. The number of H-pyrrole nitrogens is 2. The fourth-order valence-corrected chi connectivity index (χ4v) is 10.2. The van der Waals surface area contributed by atoms with E-state index in [0.717, 1.165) is 79.0 Å². The highest BCUT2D eigenvalue weighted by molar-refractivity contribution is 6.08. The van der Waals surface area contributed by atoms with E-state index in [-0.39, 0.29) is 61.8 Å². The highest BCUT2D eigenvalue weighted by atomic mass is 19.1. The van der Waals surface area contributed by atoms with Crippen LogP contribution in [0.1, 0.15) is 172 Å². The second-order valence-corrected chi connectivity index (χ2v) is 19.8. The average molecular weight is 1100 g/mol. The van der Waals surface area contributed by atoms with E-state index in [2.05, 4.69) is 34.9 Å². The molecule has 0 saturated heterocycles. The zero-order valence-corrected chi connectivity index (χ0v) is 43.5. The number of benzene rings is 4. The lowest BCUT2D eigenvalue weighted by Crippen LogP contribution is -2.13. The molecule has 0 bridgehead atoms. The van der Waals surface area contributed by atoms with Gasteiger partial charge in [0, 0.05) is 84.9 Å². The number of carbonyl (C=O) groups excluding carboxylic acids is 5. The van der Waals surface area contributed by atoms with Crippen molar-refractivity contribution in [3.8, 4) is 17.4 Å². The fraction of sp³-hybridized carbons (Fsp3) is 0.292. The van der Waals surface area contributed by atoms with Gasteiger partial charge in [0.2, 0.25) is 29.3 Å². The molecule has 3 fully saturated rings. The van der Waals surface area contributed by atoms with Crippen molar-refractivity contribution in [2.24, 2.45) is 0 Å². The van der Waals surface area contributed by atoms with Crippen molar-refractivity contribution in [1.29, 1.82) is 0 Å². The summed E-state index contributed by atoms with van der Waals surface area (Å²) >= 11 is 0. The molecule has 4 aromatic carbocycles. The number of aromatic hydroxyl groups is 1. The number of ketones is 5. The number of rotatable bonds is 9. The molecular weight excluding hydrogens is 1030 g/mol. The van der Waals surface area contributed by atoms with Gasteiger partial charge in [-0.2, -0.15) is 8.78 Å². The first-order valence-corrected chi connectivity index (χ1v) is 26.7. The Balaban J connectivity index is 0.000000165. The zero-order chi connectivity index (χ0) is 55.1. The molecule has 16 heteroatoms. The number of fused-ring (bicyclic) bond motifs is 2. The van der Waals surface area contributed by atoms with Gasteiger partial charge in [0.05, 0.1) is 22.1 Å². The number of aromatic amines is 2. The smallest absolute Gasteiger partial charge is 0.228 e. The van der Waals surface area contributed by atoms with Gasteiger partial charge in [-0.25, -0.2) is 24.9 Å². The number of carbonyl (C=O) groups is 5. The van der Waals surface area contributed by atoms with Crippen LogP contribution in [0.5, 0.6) is 17.4 Å². The lowest BCUT2D eigenvalue weighted by atomic mass is 9.84. The summed E-state index contributed by atoms with van der Waals surface area (Å²) in [5, 5.41) is 9.19. The van der Waals surface area contributed by atoms with Crippen LogP contribution in [0, 0.1) is 11.9 Å². The highest BCUT2D eigenvalue weighted by Gasteiger charge is 2.25. The average Bonchev–Trinajstić information content (AvgIpc) is 4.03. The molecule has 2 unspecified atom stereocenters. The number of phenols is 1. The maximum absolute atomic E-state index is 13.4. The topological polar surface area (TPSA) is 211 Å². The van der Waals surface area contributed by atoms with E-state index in [1.165, 1.54) is 24.5 Å². The van der Waals surface area contributed by atoms with Crippen LogP contribution in [0.25, 0.3) is 22.1 Å². The molecule has 12 rings (SSSR count). The Morgan fingerprint density at radius 3 is 1.32 bits per heavy atom. The monoisotopic (exact) mass is 1100 g/mol. The first-order valence-electron chi connectivity index (χ1n) is 26.7. The van der Waals surface area contributed by atoms with Crippen molar-refractivity contribution >= 4 is 51.0 Å². The molecule has 0 amide bonds. The van der Waals surface area contributed by atoms with Crippen LogP contribution in [0.4, 0.5) is 8.78 Å². The van der Waals surface area contributed by atoms with E-state index in [0.29, 0.717) is 101 Å². The number of halogens is 2. The lowest BCUT2D eigenvalue weighted by Gasteiger charge is -2.20. The number of hydrogen-bond donors (Lipinski definition) is 3. The Kier molecular flexibility index (Phi) is 21.2. The molecule has 2 atom stereocenters. The number of aromatic nitrogens is 7. The summed E-state index contributed by atoms with van der Waals surface area (Å²) in [6.07, 6.45) is 15.0. The Morgan fingerprint density at radius 2 is 0.864 bits per heavy atom. The first-order chi connectivity index (χ1) is 38.4. The number of ether oxygens (including phenoxy) is 1. The van der Waals surface area contributed by atoms with E-state index in [9.17, 15) is 37.9 Å². The van der Waals surface area contributed by atoms with Gasteiger partial charge in [-0.1, -0.05) is 57.3 Å². The molecule has 3 N–H and O–H groups in total. The minimum Gasteiger partial charge on any atom is -0.508 e. The maximum Gasteiger partial charge on any atom is 0.228 e. The number of imidazole rings is 2. The molecule has 3 aliphatic rings. The van der Waals surface area contributed by atoms with Crippen LogP contribution in [-0.2, 0) is 14.4 Å². The molecule has 0 radical (unpaired) electrons. The Hall–Kier alpha value is -8.92. The number of nitrogens with zero attached hydrogens (tertiary/aromatic N) is 5. The minimum atomic E-state index is -0.383. The van der Waals surface area contributed by atoms with Gasteiger partial charge in [0.1, 0.15) is 28.8 Å². The van der Waals surface area contributed by atoms with Crippen LogP contribution < -0.4 is 4.74 Å². The van der Waals surface area contributed by atoms with Crippen molar-refractivity contribution in [3.63, 3.8) is 0 Å². The normalized spacial score (nSPS) is 16.3. The van der Waals surface area contributed by atoms with Gasteiger partial charge in [-0.05, 0) is 160 Å². The van der Waals surface area contributed by atoms with E-state index in [1.807, 2.05) is 60.7 Å². The summed E-state index contributed by atoms with van der Waals surface area (Å²) in [5.74, 6) is 2.36. The third-order valence-corrected chi connectivity index (χ3v) is 14.5. The Labute approximate surface area is 469 Å².